The number of hydrogen-bond donors (Lipinski definition) is 5. The molecule has 3 aromatic rings. The van der Waals surface area contributed by atoms with Crippen LogP contribution in [-0.2, 0) is 32.1 Å². The molecule has 0 radical (unpaired) electrons. The lowest BCUT2D eigenvalue weighted by atomic mass is 10.0. The van der Waals surface area contributed by atoms with Crippen LogP contribution in [0.4, 0.5) is 27.2 Å². The summed E-state index contributed by atoms with van der Waals surface area (Å²) in [5.41, 5.74) is 4.28. The highest BCUT2D eigenvalue weighted by Crippen LogP contribution is 2.30. The molecule has 0 aliphatic heterocycles. The lowest BCUT2D eigenvalue weighted by molar-refractivity contribution is -0.130. The molecule has 6 N–H and O–H groups in total. The molecule has 0 bridgehead atoms. The number of ether oxygens (including phenoxy) is 3. The maximum atomic E-state index is 14.9. The fraction of sp³-hybridized carbons (Fsp3) is 0.395. The number of halogens is 4. The Morgan fingerprint density at radius 2 is 1.33 bits per heavy atom. The van der Waals surface area contributed by atoms with Crippen LogP contribution in [0.25, 0.3) is 0 Å². The van der Waals surface area contributed by atoms with Crippen molar-refractivity contribution in [3.05, 3.63) is 101 Å². The first-order valence-corrected chi connectivity index (χ1v) is 17.4. The average Bonchev–Trinajstić information content (AvgIpc) is 3.14. The zero-order chi connectivity index (χ0) is 40.5. The van der Waals surface area contributed by atoms with Gasteiger partial charge in [0, 0.05) is 26.1 Å². The molecule has 0 aliphatic rings. The maximum Gasteiger partial charge on any atom is 0.408 e. The van der Waals surface area contributed by atoms with Crippen LogP contribution in [0.3, 0.4) is 0 Å². The molecule has 0 aliphatic carbocycles. The highest BCUT2D eigenvalue weighted by molar-refractivity contribution is 5.95. The molecule has 298 valence electrons. The lowest BCUT2D eigenvalue weighted by Gasteiger charge is -2.23. The summed E-state index contributed by atoms with van der Waals surface area (Å²) in [4.78, 5) is 64.2. The zero-order valence-electron chi connectivity index (χ0n) is 30.6. The van der Waals surface area contributed by atoms with E-state index in [0.29, 0.717) is 11.1 Å². The minimum atomic E-state index is -2.07. The number of unbranched alkanes of at least 4 members (excludes halogenated alkanes) is 1. The van der Waals surface area contributed by atoms with Gasteiger partial charge in [0.15, 0.2) is 23.2 Å². The van der Waals surface area contributed by atoms with E-state index in [0.717, 1.165) is 0 Å². The minimum absolute atomic E-state index is 0.0372. The van der Waals surface area contributed by atoms with Gasteiger partial charge in [0.25, 0.3) is 5.91 Å². The van der Waals surface area contributed by atoms with Crippen LogP contribution in [0, 0.1) is 23.3 Å². The van der Waals surface area contributed by atoms with Crippen molar-refractivity contribution in [2.24, 2.45) is 5.73 Å². The number of rotatable bonds is 19. The van der Waals surface area contributed by atoms with Gasteiger partial charge in [-0.25, -0.2) is 18.4 Å². The van der Waals surface area contributed by atoms with Gasteiger partial charge in [0.05, 0.1) is 6.04 Å². The number of ketones is 1. The number of Topliss-reactive ketones (excluding diaryl/α,β-unsaturated/α-hetero) is 1. The van der Waals surface area contributed by atoms with Gasteiger partial charge in [-0.1, -0.05) is 60.7 Å². The second-order valence-electron chi connectivity index (χ2n) is 13.2. The van der Waals surface area contributed by atoms with Crippen molar-refractivity contribution in [2.45, 2.75) is 70.7 Å². The van der Waals surface area contributed by atoms with Crippen molar-refractivity contribution >= 4 is 29.8 Å². The van der Waals surface area contributed by atoms with E-state index in [1.54, 1.807) is 81.4 Å². The summed E-state index contributed by atoms with van der Waals surface area (Å²) in [6, 6.07) is 14.7. The van der Waals surface area contributed by atoms with Crippen LogP contribution in [0.5, 0.6) is 5.75 Å². The van der Waals surface area contributed by atoms with E-state index in [4.69, 9.17) is 19.9 Å². The molecule has 0 heterocycles. The van der Waals surface area contributed by atoms with Crippen molar-refractivity contribution in [3.8, 4) is 5.75 Å². The van der Waals surface area contributed by atoms with Crippen LogP contribution in [-0.4, -0.2) is 73.7 Å². The van der Waals surface area contributed by atoms with Crippen molar-refractivity contribution < 1.29 is 55.7 Å². The third kappa shape index (κ3) is 14.2. The van der Waals surface area contributed by atoms with E-state index in [-0.39, 0.29) is 51.9 Å². The summed E-state index contributed by atoms with van der Waals surface area (Å²) < 4.78 is 74.8. The molecule has 0 saturated carbocycles. The number of nitrogens with two attached hydrogens (primary N) is 1. The smallest absolute Gasteiger partial charge is 0.408 e. The van der Waals surface area contributed by atoms with Gasteiger partial charge in [-0.2, -0.15) is 8.78 Å². The maximum absolute atomic E-state index is 14.9. The van der Waals surface area contributed by atoms with Crippen molar-refractivity contribution in [3.63, 3.8) is 0 Å². The molecule has 13 nitrogen and oxygen atoms in total. The fourth-order valence-corrected chi connectivity index (χ4v) is 4.99. The largest absolute Gasteiger partial charge is 0.479 e. The second-order valence-corrected chi connectivity index (χ2v) is 13.2. The van der Waals surface area contributed by atoms with Crippen molar-refractivity contribution in [2.75, 3.05) is 26.2 Å². The van der Waals surface area contributed by atoms with Gasteiger partial charge in [0.2, 0.25) is 17.5 Å². The summed E-state index contributed by atoms with van der Waals surface area (Å²) in [6.07, 6.45) is -1.28. The predicted molar refractivity (Wildman–Crippen MR) is 192 cm³/mol. The molecule has 17 heteroatoms. The third-order valence-electron chi connectivity index (χ3n) is 7.64. The molecule has 0 saturated heterocycles. The first kappa shape index (κ1) is 43.7. The highest BCUT2D eigenvalue weighted by Gasteiger charge is 2.32. The average molecular weight is 776 g/mol. The topological polar surface area (TPSA) is 187 Å². The lowest BCUT2D eigenvalue weighted by Crippen LogP contribution is -2.53. The number of alkyl carbamates (subject to hydrolysis) is 2. The molecule has 55 heavy (non-hydrogen) atoms. The third-order valence-corrected chi connectivity index (χ3v) is 7.64. The summed E-state index contributed by atoms with van der Waals surface area (Å²) in [6.45, 7) is 3.53. The van der Waals surface area contributed by atoms with Crippen LogP contribution < -0.4 is 31.7 Å². The van der Waals surface area contributed by atoms with Gasteiger partial charge < -0.3 is 41.2 Å². The molecular formula is C38H45F4N5O8. The number of benzene rings is 3. The second kappa shape index (κ2) is 21.2. The summed E-state index contributed by atoms with van der Waals surface area (Å²) >= 11 is 0. The fourth-order valence-electron chi connectivity index (χ4n) is 4.99. The van der Waals surface area contributed by atoms with Gasteiger partial charge in [-0.05, 0) is 51.2 Å². The summed E-state index contributed by atoms with van der Waals surface area (Å²) in [5, 5.41) is 9.59. The Balaban J connectivity index is 1.80. The highest BCUT2D eigenvalue weighted by atomic mass is 19.2. The van der Waals surface area contributed by atoms with Crippen LogP contribution in [0.2, 0.25) is 0 Å². The number of nitrogens with one attached hydrogen (secondary N) is 4. The summed E-state index contributed by atoms with van der Waals surface area (Å²) in [7, 11) is 0. The Kier molecular flexibility index (Phi) is 16.9. The van der Waals surface area contributed by atoms with Gasteiger partial charge in [-0.3, -0.25) is 14.4 Å². The van der Waals surface area contributed by atoms with Crippen LogP contribution in [0.1, 0.15) is 61.5 Å². The number of hydrogen-bond acceptors (Lipinski definition) is 9. The van der Waals surface area contributed by atoms with Crippen LogP contribution >= 0.6 is 0 Å². The Hall–Kier alpha value is -5.71. The Bertz CT molecular complexity index is 1750. The quantitative estimate of drug-likeness (QED) is 0.0660. The van der Waals surface area contributed by atoms with E-state index in [2.05, 4.69) is 16.0 Å². The van der Waals surface area contributed by atoms with E-state index < -0.39 is 88.7 Å². The molecule has 3 rings (SSSR count). The van der Waals surface area contributed by atoms with Gasteiger partial charge in [0.1, 0.15) is 30.4 Å². The SMILES string of the molecule is CC(C)(C)OC(=O)NCCCC[C@H](NC(=O)C(Cc1ccccc1)NC(=O)OCc1ccccc1)C(=O)COc1c(F)c(F)c(C(=O)NCCN)c(F)c1F. The molecule has 0 spiro atoms. The normalized spacial score (nSPS) is 12.1. The number of amides is 4. The molecule has 0 fully saturated rings. The van der Waals surface area contributed by atoms with E-state index in [1.165, 1.54) is 0 Å². The van der Waals surface area contributed by atoms with Crippen LogP contribution in [0.15, 0.2) is 60.7 Å². The molecule has 1 unspecified atom stereocenters. The number of carbonyl (C=O) groups excluding carboxylic acids is 5. The van der Waals surface area contributed by atoms with E-state index in [1.807, 2.05) is 5.32 Å². The minimum Gasteiger partial charge on any atom is -0.479 e. The van der Waals surface area contributed by atoms with Gasteiger partial charge >= 0.3 is 12.2 Å². The molecule has 3 aromatic carbocycles. The van der Waals surface area contributed by atoms with Gasteiger partial charge in [-0.15, -0.1) is 0 Å². The molecule has 4 amide bonds. The predicted octanol–water partition coefficient (Wildman–Crippen LogP) is 4.60. The Labute approximate surface area is 315 Å². The van der Waals surface area contributed by atoms with E-state index in [9.17, 15) is 41.5 Å². The van der Waals surface area contributed by atoms with E-state index >= 15 is 0 Å². The first-order chi connectivity index (χ1) is 26.1. The molecule has 2 atom stereocenters. The van der Waals surface area contributed by atoms with Crippen molar-refractivity contribution in [1.29, 1.82) is 0 Å². The number of carbonyl (C=O) groups is 5. The first-order valence-electron chi connectivity index (χ1n) is 17.4. The van der Waals surface area contributed by atoms with Crippen molar-refractivity contribution in [1.82, 2.24) is 21.3 Å². The standard InChI is InChI=1S/C38H45F4N5O8/c1-38(2,3)55-36(51)45-18-11-10-16-25(27(48)22-53-33-31(41)29(39)28(30(40)32(33)42)35(50)44-19-17-43)46-34(49)26(20-23-12-6-4-7-13-23)47-37(52)54-21-24-14-8-5-9-15-24/h4-9,12-15,25-26H,10-11,16-22,43H2,1-3H3,(H,44,50)(H,45,51)(H,46,49)(H,47,52)/t25-,26?/m0/s1. The Morgan fingerprint density at radius 1 is 0.727 bits per heavy atom. The zero-order valence-corrected chi connectivity index (χ0v) is 30.6. The molecular weight excluding hydrogens is 730 g/mol. The monoisotopic (exact) mass is 775 g/mol. The molecule has 0 aromatic heterocycles. The summed E-state index contributed by atoms with van der Waals surface area (Å²) in [5.74, 6) is -13.1. The Morgan fingerprint density at radius 3 is 1.91 bits per heavy atom.